The van der Waals surface area contributed by atoms with Crippen LogP contribution in [-0.2, 0) is 16.1 Å². The second-order valence-corrected chi connectivity index (χ2v) is 7.09. The van der Waals surface area contributed by atoms with E-state index in [1.807, 2.05) is 30.3 Å². The van der Waals surface area contributed by atoms with Crippen molar-refractivity contribution in [1.29, 1.82) is 0 Å². The number of nitrogens with zero attached hydrogens (tertiary/aromatic N) is 1. The first-order chi connectivity index (χ1) is 13.0. The van der Waals surface area contributed by atoms with E-state index in [9.17, 15) is 14.4 Å². The lowest BCUT2D eigenvalue weighted by atomic mass is 10.1. The number of rotatable bonds is 7. The normalized spacial score (nSPS) is 16.4. The van der Waals surface area contributed by atoms with E-state index in [4.69, 9.17) is 4.42 Å². The molecule has 1 aliphatic heterocycles. The van der Waals surface area contributed by atoms with Crippen LogP contribution in [0.15, 0.2) is 51.6 Å². The Bertz CT molecular complexity index is 821. The SMILES string of the molecule is O=C(NCCNC(=O)[C@@H]1CC(=O)N(Cc2ccccc2)C1)c1ccc(Br)o1. The molecule has 0 bridgehead atoms. The van der Waals surface area contributed by atoms with Crippen LogP contribution in [0.5, 0.6) is 0 Å². The number of nitrogens with one attached hydrogen (secondary N) is 2. The first-order valence-electron chi connectivity index (χ1n) is 8.66. The molecule has 0 saturated carbocycles. The lowest BCUT2D eigenvalue weighted by Gasteiger charge is -2.16. The van der Waals surface area contributed by atoms with Gasteiger partial charge in [-0.05, 0) is 33.6 Å². The Morgan fingerprint density at radius 2 is 1.85 bits per heavy atom. The smallest absolute Gasteiger partial charge is 0.287 e. The van der Waals surface area contributed by atoms with Crippen molar-refractivity contribution in [2.45, 2.75) is 13.0 Å². The highest BCUT2D eigenvalue weighted by molar-refractivity contribution is 9.10. The fraction of sp³-hybridized carbons (Fsp3) is 0.316. The maximum Gasteiger partial charge on any atom is 0.287 e. The van der Waals surface area contributed by atoms with Gasteiger partial charge < -0.3 is 20.0 Å². The standard InChI is InChI=1S/C19H20BrN3O4/c20-16-7-6-15(27-16)19(26)22-9-8-21-18(25)14-10-17(24)23(12-14)11-13-4-2-1-3-5-13/h1-7,14H,8-12H2,(H,21,25)(H,22,26)/t14-/m1/s1. The van der Waals surface area contributed by atoms with E-state index in [0.29, 0.717) is 17.8 Å². The van der Waals surface area contributed by atoms with Crippen molar-refractivity contribution in [3.63, 3.8) is 0 Å². The number of carbonyl (C=O) groups excluding carboxylic acids is 3. The van der Waals surface area contributed by atoms with Crippen LogP contribution >= 0.6 is 15.9 Å². The first kappa shape index (κ1) is 19.2. The molecule has 1 aliphatic rings. The molecule has 0 radical (unpaired) electrons. The summed E-state index contributed by atoms with van der Waals surface area (Å²) in [5, 5.41) is 5.43. The van der Waals surface area contributed by atoms with Crippen molar-refractivity contribution in [1.82, 2.24) is 15.5 Å². The number of benzene rings is 1. The molecule has 2 aromatic rings. The van der Waals surface area contributed by atoms with Gasteiger partial charge in [-0.25, -0.2) is 0 Å². The van der Waals surface area contributed by atoms with Crippen LogP contribution in [0.25, 0.3) is 0 Å². The van der Waals surface area contributed by atoms with E-state index in [1.165, 1.54) is 0 Å². The predicted octanol–water partition coefficient (Wildman–Crippen LogP) is 1.94. The third-order valence-electron chi connectivity index (χ3n) is 4.31. The zero-order valence-electron chi connectivity index (χ0n) is 14.6. The fourth-order valence-electron chi connectivity index (χ4n) is 2.93. The van der Waals surface area contributed by atoms with Crippen molar-refractivity contribution in [2.75, 3.05) is 19.6 Å². The molecule has 7 nitrogen and oxygen atoms in total. The Labute approximate surface area is 165 Å². The third-order valence-corrected chi connectivity index (χ3v) is 4.73. The number of hydrogen-bond donors (Lipinski definition) is 2. The Balaban J connectivity index is 1.39. The van der Waals surface area contributed by atoms with Crippen molar-refractivity contribution in [2.24, 2.45) is 5.92 Å². The van der Waals surface area contributed by atoms with Gasteiger partial charge in [0, 0.05) is 32.6 Å². The largest absolute Gasteiger partial charge is 0.444 e. The molecule has 1 aromatic carbocycles. The van der Waals surface area contributed by atoms with Crippen LogP contribution in [0.1, 0.15) is 22.5 Å². The van der Waals surface area contributed by atoms with Gasteiger partial charge in [-0.15, -0.1) is 0 Å². The average Bonchev–Trinajstić information content (AvgIpc) is 3.25. The molecule has 3 rings (SSSR count). The van der Waals surface area contributed by atoms with Crippen molar-refractivity contribution in [3.8, 4) is 0 Å². The van der Waals surface area contributed by atoms with E-state index in [-0.39, 0.29) is 48.9 Å². The number of hydrogen-bond acceptors (Lipinski definition) is 4. The van der Waals surface area contributed by atoms with Crippen LogP contribution < -0.4 is 10.6 Å². The summed E-state index contributed by atoms with van der Waals surface area (Å²) in [6.07, 6.45) is 0.214. The van der Waals surface area contributed by atoms with Crippen molar-refractivity contribution < 1.29 is 18.8 Å². The van der Waals surface area contributed by atoms with Gasteiger partial charge in [-0.2, -0.15) is 0 Å². The molecule has 27 heavy (non-hydrogen) atoms. The highest BCUT2D eigenvalue weighted by Gasteiger charge is 2.33. The number of furan rings is 1. The van der Waals surface area contributed by atoms with Crippen LogP contribution in [0.3, 0.4) is 0 Å². The second kappa shape index (κ2) is 8.85. The number of likely N-dealkylation sites (tertiary alicyclic amines) is 1. The van der Waals surface area contributed by atoms with E-state index < -0.39 is 0 Å². The monoisotopic (exact) mass is 433 g/mol. The molecule has 2 heterocycles. The molecule has 0 unspecified atom stereocenters. The van der Waals surface area contributed by atoms with E-state index in [0.717, 1.165) is 5.56 Å². The van der Waals surface area contributed by atoms with Gasteiger partial charge in [0.15, 0.2) is 10.4 Å². The molecule has 1 saturated heterocycles. The van der Waals surface area contributed by atoms with Crippen molar-refractivity contribution in [3.05, 3.63) is 58.5 Å². The minimum atomic E-state index is -0.363. The average molecular weight is 434 g/mol. The first-order valence-corrected chi connectivity index (χ1v) is 9.45. The highest BCUT2D eigenvalue weighted by Crippen LogP contribution is 2.20. The van der Waals surface area contributed by atoms with Crippen LogP contribution in [0.4, 0.5) is 0 Å². The Morgan fingerprint density at radius 1 is 1.11 bits per heavy atom. The molecule has 142 valence electrons. The number of carbonyl (C=O) groups is 3. The molecule has 0 aliphatic carbocycles. The summed E-state index contributed by atoms with van der Waals surface area (Å²) in [4.78, 5) is 38.0. The molecular weight excluding hydrogens is 414 g/mol. The summed E-state index contributed by atoms with van der Waals surface area (Å²) in [6.45, 7) is 1.48. The summed E-state index contributed by atoms with van der Waals surface area (Å²) in [5.41, 5.74) is 1.04. The number of amides is 3. The van der Waals surface area contributed by atoms with Gasteiger partial charge in [0.25, 0.3) is 5.91 Å². The van der Waals surface area contributed by atoms with E-state index in [2.05, 4.69) is 26.6 Å². The molecule has 1 aromatic heterocycles. The lowest BCUT2D eigenvalue weighted by molar-refractivity contribution is -0.129. The van der Waals surface area contributed by atoms with E-state index in [1.54, 1.807) is 17.0 Å². The van der Waals surface area contributed by atoms with Crippen LogP contribution in [-0.4, -0.2) is 42.3 Å². The summed E-state index contributed by atoms with van der Waals surface area (Å²) in [7, 11) is 0. The van der Waals surface area contributed by atoms with Crippen molar-refractivity contribution >= 4 is 33.7 Å². The number of halogens is 1. The van der Waals surface area contributed by atoms with E-state index >= 15 is 0 Å². The quantitative estimate of drug-likeness (QED) is 0.652. The van der Waals surface area contributed by atoms with Gasteiger partial charge in [0.2, 0.25) is 11.8 Å². The predicted molar refractivity (Wildman–Crippen MR) is 102 cm³/mol. The second-order valence-electron chi connectivity index (χ2n) is 6.31. The summed E-state index contributed by atoms with van der Waals surface area (Å²) < 4.78 is 5.63. The molecule has 3 amide bonds. The maximum atomic E-state index is 12.3. The molecule has 2 N–H and O–H groups in total. The Morgan fingerprint density at radius 3 is 2.56 bits per heavy atom. The third kappa shape index (κ3) is 5.19. The van der Waals surface area contributed by atoms with Crippen LogP contribution in [0, 0.1) is 5.92 Å². The zero-order chi connectivity index (χ0) is 19.2. The highest BCUT2D eigenvalue weighted by atomic mass is 79.9. The maximum absolute atomic E-state index is 12.3. The molecule has 8 heteroatoms. The lowest BCUT2D eigenvalue weighted by Crippen LogP contribution is -2.38. The van der Waals surface area contributed by atoms with Gasteiger partial charge in [0.1, 0.15) is 0 Å². The van der Waals surface area contributed by atoms with Gasteiger partial charge >= 0.3 is 0 Å². The van der Waals surface area contributed by atoms with Gasteiger partial charge in [0.05, 0.1) is 5.92 Å². The summed E-state index contributed by atoms with van der Waals surface area (Å²) in [6, 6.07) is 12.9. The molecule has 0 spiro atoms. The minimum absolute atomic E-state index is 0.0179. The summed E-state index contributed by atoms with van der Waals surface area (Å²) >= 11 is 3.13. The fourth-order valence-corrected chi connectivity index (χ4v) is 3.24. The molecule has 1 atom stereocenters. The van der Waals surface area contributed by atoms with Gasteiger partial charge in [-0.3, -0.25) is 14.4 Å². The summed E-state index contributed by atoms with van der Waals surface area (Å²) in [5.74, 6) is -0.700. The molecular formula is C19H20BrN3O4. The zero-order valence-corrected chi connectivity index (χ0v) is 16.2. The minimum Gasteiger partial charge on any atom is -0.444 e. The Kier molecular flexibility index (Phi) is 6.28. The molecule has 1 fully saturated rings. The van der Waals surface area contributed by atoms with Gasteiger partial charge in [-0.1, -0.05) is 30.3 Å². The van der Waals surface area contributed by atoms with Crippen LogP contribution in [0.2, 0.25) is 0 Å². The Hall–Kier alpha value is -2.61. The topological polar surface area (TPSA) is 91.7 Å².